The molecule has 6 nitrogen and oxygen atoms in total. The van der Waals surface area contributed by atoms with Crippen molar-refractivity contribution in [3.63, 3.8) is 0 Å². The Kier molecular flexibility index (Phi) is 7.98. The van der Waals surface area contributed by atoms with E-state index in [1.54, 1.807) is 0 Å². The first-order chi connectivity index (χ1) is 14.2. The molecule has 7 heteroatoms. The molecule has 4 aliphatic rings. The molecule has 0 aromatic rings. The van der Waals surface area contributed by atoms with Gasteiger partial charge in [0.15, 0.2) is 0 Å². The van der Waals surface area contributed by atoms with Crippen molar-refractivity contribution in [1.82, 2.24) is 0 Å². The minimum atomic E-state index is -1.07. The van der Waals surface area contributed by atoms with Crippen molar-refractivity contribution in [2.24, 2.45) is 35.0 Å². The van der Waals surface area contributed by atoms with Crippen molar-refractivity contribution in [2.45, 2.75) is 32.6 Å². The molecule has 6 atom stereocenters. The Labute approximate surface area is 177 Å². The van der Waals surface area contributed by atoms with Crippen molar-refractivity contribution < 1.29 is 33.0 Å². The van der Waals surface area contributed by atoms with E-state index in [0.29, 0.717) is 23.7 Å². The molecule has 0 saturated heterocycles. The molecule has 30 heavy (non-hydrogen) atoms. The number of hydrogen-bond acceptors (Lipinski definition) is 6. The van der Waals surface area contributed by atoms with E-state index in [9.17, 15) is 18.8 Å². The van der Waals surface area contributed by atoms with Crippen LogP contribution in [-0.2, 0) is 28.6 Å². The molecule has 0 aromatic carbocycles. The second kappa shape index (κ2) is 10.0. The average Bonchev–Trinajstić information content (AvgIpc) is 3.53. The van der Waals surface area contributed by atoms with E-state index in [1.807, 2.05) is 6.92 Å². The summed E-state index contributed by atoms with van der Waals surface area (Å²) in [5.41, 5.74) is -0.228. The lowest BCUT2D eigenvalue weighted by atomic mass is 9.78. The van der Waals surface area contributed by atoms with Gasteiger partial charge in [0.05, 0.1) is 32.7 Å². The second-order valence-corrected chi connectivity index (χ2v) is 8.41. The first-order valence-corrected chi connectivity index (χ1v) is 10.1. The van der Waals surface area contributed by atoms with E-state index < -0.39 is 11.8 Å². The number of fused-ring (bicyclic) bond motifs is 4. The fourth-order valence-electron chi connectivity index (χ4n) is 4.88. The van der Waals surface area contributed by atoms with Crippen molar-refractivity contribution >= 4 is 17.9 Å². The summed E-state index contributed by atoms with van der Waals surface area (Å²) in [6, 6.07) is 0. The molecule has 2 saturated carbocycles. The molecule has 0 heterocycles. The minimum absolute atomic E-state index is 0.0261. The third-order valence-electron chi connectivity index (χ3n) is 6.52. The van der Waals surface area contributed by atoms with Crippen LogP contribution in [0, 0.1) is 35.0 Å². The lowest BCUT2D eigenvalue weighted by molar-refractivity contribution is -0.153. The Morgan fingerprint density at radius 2 is 1.60 bits per heavy atom. The van der Waals surface area contributed by atoms with Crippen LogP contribution in [0.25, 0.3) is 0 Å². The number of methoxy groups -OCH3 is 3. The number of hydrogen-bond donors (Lipinski definition) is 0. The van der Waals surface area contributed by atoms with Gasteiger partial charge in [0, 0.05) is 0 Å². The molecule has 0 aliphatic heterocycles. The molecule has 4 rings (SSSR count). The summed E-state index contributed by atoms with van der Waals surface area (Å²) in [5.74, 6) is 0.198. The summed E-state index contributed by atoms with van der Waals surface area (Å²) in [5, 5.41) is 0. The number of carbonyl (C=O) groups is 3. The maximum atomic E-state index is 11.5. The summed E-state index contributed by atoms with van der Waals surface area (Å²) in [6.07, 6.45) is 13.1. The predicted molar refractivity (Wildman–Crippen MR) is 109 cm³/mol. The van der Waals surface area contributed by atoms with Crippen molar-refractivity contribution in [3.8, 4) is 0 Å². The number of ether oxygens (including phenoxy) is 3. The van der Waals surface area contributed by atoms with Crippen LogP contribution < -0.4 is 0 Å². The highest BCUT2D eigenvalue weighted by Gasteiger charge is 2.50. The zero-order valence-corrected chi connectivity index (χ0v) is 18.1. The van der Waals surface area contributed by atoms with Crippen LogP contribution >= 0.6 is 0 Å². The van der Waals surface area contributed by atoms with Gasteiger partial charge in [-0.15, -0.1) is 0 Å². The van der Waals surface area contributed by atoms with Crippen LogP contribution in [0.5, 0.6) is 0 Å². The van der Waals surface area contributed by atoms with Gasteiger partial charge >= 0.3 is 17.9 Å². The van der Waals surface area contributed by atoms with Gasteiger partial charge in [-0.3, -0.25) is 9.59 Å². The minimum Gasteiger partial charge on any atom is -0.469 e. The topological polar surface area (TPSA) is 78.9 Å². The molecule has 4 bridgehead atoms. The lowest BCUT2D eigenvalue weighted by Crippen LogP contribution is -2.32. The quantitative estimate of drug-likeness (QED) is 0.298. The highest BCUT2D eigenvalue weighted by Crippen LogP contribution is 2.52. The van der Waals surface area contributed by atoms with Gasteiger partial charge in [0.25, 0.3) is 0 Å². The molecular weight excluding hydrogens is 391 g/mol. The first kappa shape index (κ1) is 23.8. The Hall–Kier alpha value is -2.44. The van der Waals surface area contributed by atoms with Crippen LogP contribution in [0.15, 0.2) is 36.7 Å². The van der Waals surface area contributed by atoms with Crippen LogP contribution in [0.3, 0.4) is 0 Å². The summed E-state index contributed by atoms with van der Waals surface area (Å²) >= 11 is 0. The molecule has 0 amide bonds. The molecule has 2 fully saturated rings. The monoisotopic (exact) mass is 422 g/mol. The standard InChI is InChI=1S/C10H14O2.C9H12O2.C4H5FO2/c1-10(9(11)12-2)6-7-3-4-8(10)5-7;1-11-9(10)8-5-6-2-3-7(8)4-6;1-3(5)4(6)7-2/h3-4,7-8H,5-6H2,1-2H3;2-3,6-8H,4-5H2,1H3;1H2,2H3. The van der Waals surface area contributed by atoms with E-state index in [0.717, 1.165) is 26.4 Å². The number of halogens is 1. The average molecular weight is 422 g/mol. The van der Waals surface area contributed by atoms with E-state index in [2.05, 4.69) is 35.6 Å². The van der Waals surface area contributed by atoms with E-state index >= 15 is 0 Å². The second-order valence-electron chi connectivity index (χ2n) is 8.41. The largest absolute Gasteiger partial charge is 0.469 e. The maximum absolute atomic E-state index is 11.5. The van der Waals surface area contributed by atoms with Gasteiger partial charge < -0.3 is 14.2 Å². The fraction of sp³-hybridized carbons (Fsp3) is 0.609. The van der Waals surface area contributed by atoms with Gasteiger partial charge in [-0.25, -0.2) is 4.79 Å². The molecule has 0 N–H and O–H groups in total. The van der Waals surface area contributed by atoms with E-state index in [1.165, 1.54) is 20.6 Å². The summed E-state index contributed by atoms with van der Waals surface area (Å²) in [6.45, 7) is 4.71. The Morgan fingerprint density at radius 1 is 0.933 bits per heavy atom. The first-order valence-electron chi connectivity index (χ1n) is 10.1. The van der Waals surface area contributed by atoms with E-state index in [4.69, 9.17) is 9.47 Å². The van der Waals surface area contributed by atoms with Crippen molar-refractivity contribution in [1.29, 1.82) is 0 Å². The van der Waals surface area contributed by atoms with Crippen LogP contribution in [-0.4, -0.2) is 39.2 Å². The zero-order chi connectivity index (χ0) is 22.5. The van der Waals surface area contributed by atoms with Crippen molar-refractivity contribution in [3.05, 3.63) is 36.7 Å². The van der Waals surface area contributed by atoms with Gasteiger partial charge in [-0.1, -0.05) is 30.9 Å². The van der Waals surface area contributed by atoms with Crippen molar-refractivity contribution in [2.75, 3.05) is 21.3 Å². The molecule has 0 aromatic heterocycles. The summed E-state index contributed by atoms with van der Waals surface area (Å²) in [7, 11) is 4.04. The molecule has 166 valence electrons. The third kappa shape index (κ3) is 5.18. The van der Waals surface area contributed by atoms with Gasteiger partial charge in [0.1, 0.15) is 0 Å². The lowest BCUT2D eigenvalue weighted by Gasteiger charge is -2.27. The summed E-state index contributed by atoms with van der Waals surface area (Å²) in [4.78, 5) is 32.4. The Bertz CT molecular complexity index is 742. The third-order valence-corrected chi connectivity index (χ3v) is 6.52. The highest BCUT2D eigenvalue weighted by atomic mass is 19.1. The predicted octanol–water partition coefficient (Wildman–Crippen LogP) is 3.78. The zero-order valence-electron chi connectivity index (χ0n) is 18.1. The molecular formula is C23H31FO6. The SMILES string of the molecule is C=C(F)C(=O)OC.COC(=O)C1(C)CC2C=CC1C2.COC(=O)C1CC2C=CC1C2. The fourth-order valence-corrected chi connectivity index (χ4v) is 4.88. The van der Waals surface area contributed by atoms with Gasteiger partial charge in [-0.2, -0.15) is 4.39 Å². The maximum Gasteiger partial charge on any atom is 0.366 e. The van der Waals surface area contributed by atoms with Crippen LogP contribution in [0.2, 0.25) is 0 Å². The molecule has 0 radical (unpaired) electrons. The number of allylic oxidation sites excluding steroid dienone is 4. The molecule has 6 unspecified atom stereocenters. The number of rotatable bonds is 3. The normalized spacial score (nSPS) is 33.7. The van der Waals surface area contributed by atoms with Gasteiger partial charge in [0.2, 0.25) is 5.83 Å². The Morgan fingerprint density at radius 3 is 1.93 bits per heavy atom. The molecule has 0 spiro atoms. The van der Waals surface area contributed by atoms with E-state index in [-0.39, 0.29) is 23.3 Å². The van der Waals surface area contributed by atoms with Gasteiger partial charge in [-0.05, 0) is 56.3 Å². The smallest absolute Gasteiger partial charge is 0.366 e. The van der Waals surface area contributed by atoms with Crippen LogP contribution in [0.1, 0.15) is 32.6 Å². The number of carbonyl (C=O) groups excluding carboxylic acids is 3. The van der Waals surface area contributed by atoms with Crippen LogP contribution in [0.4, 0.5) is 4.39 Å². The summed E-state index contributed by atoms with van der Waals surface area (Å²) < 4.78 is 24.9. The molecule has 4 aliphatic carbocycles. The highest BCUT2D eigenvalue weighted by molar-refractivity contribution is 5.84. The number of esters is 3. The Balaban J connectivity index is 0.000000167.